The molecule has 0 aliphatic rings. The summed E-state index contributed by atoms with van der Waals surface area (Å²) in [5.41, 5.74) is 0.947. The lowest BCUT2D eigenvalue weighted by Crippen LogP contribution is -2.05. The summed E-state index contributed by atoms with van der Waals surface area (Å²) in [7, 11) is 0. The van der Waals surface area contributed by atoms with Gasteiger partial charge in [0.05, 0.1) is 12.3 Å². The molecule has 1 rings (SSSR count). The van der Waals surface area contributed by atoms with Crippen LogP contribution in [-0.4, -0.2) is 17.5 Å². The number of pyridine rings is 1. The van der Waals surface area contributed by atoms with Crippen LogP contribution in [0.15, 0.2) is 18.3 Å². The summed E-state index contributed by atoms with van der Waals surface area (Å²) in [6.45, 7) is 4.89. The third kappa shape index (κ3) is 4.52. The molecule has 84 valence electrons. The molecule has 0 N–H and O–H groups in total. The minimum atomic E-state index is 0.625. The van der Waals surface area contributed by atoms with Gasteiger partial charge in [-0.25, -0.2) is 0 Å². The fraction of sp³-hybridized carbons (Fsp3) is 0.583. The first-order chi connectivity index (χ1) is 7.24. The van der Waals surface area contributed by atoms with Crippen molar-refractivity contribution in [2.75, 3.05) is 12.5 Å². The van der Waals surface area contributed by atoms with Gasteiger partial charge in [-0.3, -0.25) is 4.98 Å². The zero-order valence-electron chi connectivity index (χ0n) is 9.37. The third-order valence-electron chi connectivity index (χ3n) is 2.43. The van der Waals surface area contributed by atoms with Crippen molar-refractivity contribution in [3.05, 3.63) is 24.0 Å². The number of ether oxygens (including phenoxy) is 1. The molecular weight excluding hydrogens is 210 g/mol. The van der Waals surface area contributed by atoms with Crippen LogP contribution in [0.25, 0.3) is 0 Å². The summed E-state index contributed by atoms with van der Waals surface area (Å²) in [5.74, 6) is 2.24. The smallest absolute Gasteiger partial charge is 0.140 e. The number of nitrogens with zero attached hydrogens (tertiary/aromatic N) is 1. The molecule has 0 amide bonds. The Morgan fingerprint density at radius 1 is 1.47 bits per heavy atom. The second-order valence-corrected chi connectivity index (χ2v) is 4.18. The number of alkyl halides is 1. The molecule has 1 aromatic rings. The molecule has 1 heterocycles. The lowest BCUT2D eigenvalue weighted by molar-refractivity contribution is 0.279. The summed E-state index contributed by atoms with van der Waals surface area (Å²) < 4.78 is 5.65. The topological polar surface area (TPSA) is 22.1 Å². The second-order valence-electron chi connectivity index (χ2n) is 3.81. The molecule has 1 unspecified atom stereocenters. The Morgan fingerprint density at radius 3 is 2.93 bits per heavy atom. The van der Waals surface area contributed by atoms with Crippen LogP contribution >= 0.6 is 11.6 Å². The molecule has 0 aliphatic heterocycles. The van der Waals surface area contributed by atoms with Gasteiger partial charge in [0.15, 0.2) is 0 Å². The van der Waals surface area contributed by atoms with E-state index >= 15 is 0 Å². The summed E-state index contributed by atoms with van der Waals surface area (Å²) >= 11 is 5.67. The fourth-order valence-corrected chi connectivity index (χ4v) is 1.70. The minimum absolute atomic E-state index is 0.625. The molecule has 15 heavy (non-hydrogen) atoms. The monoisotopic (exact) mass is 227 g/mol. The van der Waals surface area contributed by atoms with E-state index in [0.717, 1.165) is 36.8 Å². The molecular formula is C12H18ClNO. The van der Waals surface area contributed by atoms with E-state index in [1.54, 1.807) is 6.20 Å². The van der Waals surface area contributed by atoms with Crippen LogP contribution in [0, 0.1) is 12.8 Å². The van der Waals surface area contributed by atoms with E-state index in [9.17, 15) is 0 Å². The van der Waals surface area contributed by atoms with Crippen molar-refractivity contribution in [3.8, 4) is 5.75 Å². The standard InChI is InChI=1S/C12H18ClNO/c1-10(5-7-13)6-9-15-12-4-3-8-14-11(12)2/h3-4,8,10H,5-7,9H2,1-2H3. The molecule has 0 spiro atoms. The maximum Gasteiger partial charge on any atom is 0.140 e. The van der Waals surface area contributed by atoms with Crippen LogP contribution in [0.3, 0.4) is 0 Å². The molecule has 2 nitrogen and oxygen atoms in total. The van der Waals surface area contributed by atoms with Crippen LogP contribution < -0.4 is 4.74 Å². The molecule has 0 radical (unpaired) electrons. The van der Waals surface area contributed by atoms with Crippen LogP contribution in [0.4, 0.5) is 0 Å². The summed E-state index contributed by atoms with van der Waals surface area (Å²) in [5, 5.41) is 0. The van der Waals surface area contributed by atoms with Crippen LogP contribution in [0.2, 0.25) is 0 Å². The van der Waals surface area contributed by atoms with Gasteiger partial charge in [0.1, 0.15) is 5.75 Å². The highest BCUT2D eigenvalue weighted by atomic mass is 35.5. The molecule has 3 heteroatoms. The van der Waals surface area contributed by atoms with Crippen molar-refractivity contribution in [3.63, 3.8) is 0 Å². The van der Waals surface area contributed by atoms with E-state index in [0.29, 0.717) is 5.92 Å². The van der Waals surface area contributed by atoms with E-state index in [2.05, 4.69) is 11.9 Å². The molecule has 0 aliphatic carbocycles. The maximum atomic E-state index is 5.67. The van der Waals surface area contributed by atoms with Gasteiger partial charge in [0, 0.05) is 12.1 Å². The zero-order valence-corrected chi connectivity index (χ0v) is 10.1. The van der Waals surface area contributed by atoms with Gasteiger partial charge in [0.25, 0.3) is 0 Å². The van der Waals surface area contributed by atoms with Gasteiger partial charge in [-0.1, -0.05) is 6.92 Å². The highest BCUT2D eigenvalue weighted by Crippen LogP contribution is 2.15. The third-order valence-corrected chi connectivity index (χ3v) is 2.65. The lowest BCUT2D eigenvalue weighted by Gasteiger charge is -2.11. The number of rotatable bonds is 6. The first kappa shape index (κ1) is 12.3. The summed E-state index contributed by atoms with van der Waals surface area (Å²) in [6.07, 6.45) is 3.87. The molecule has 0 saturated carbocycles. The van der Waals surface area contributed by atoms with E-state index in [-0.39, 0.29) is 0 Å². The van der Waals surface area contributed by atoms with E-state index in [1.807, 2.05) is 19.1 Å². The van der Waals surface area contributed by atoms with Crippen LogP contribution in [0.1, 0.15) is 25.5 Å². The van der Waals surface area contributed by atoms with Crippen molar-refractivity contribution in [2.24, 2.45) is 5.92 Å². The predicted molar refractivity (Wildman–Crippen MR) is 63.6 cm³/mol. The Kier molecular flexibility index (Phi) is 5.48. The van der Waals surface area contributed by atoms with Gasteiger partial charge in [-0.15, -0.1) is 11.6 Å². The first-order valence-electron chi connectivity index (χ1n) is 5.34. The summed E-state index contributed by atoms with van der Waals surface area (Å²) in [6, 6.07) is 3.85. The largest absolute Gasteiger partial charge is 0.492 e. The SMILES string of the molecule is Cc1ncccc1OCCC(C)CCCl. The highest BCUT2D eigenvalue weighted by Gasteiger charge is 2.03. The van der Waals surface area contributed by atoms with Crippen molar-refractivity contribution in [2.45, 2.75) is 26.7 Å². The van der Waals surface area contributed by atoms with E-state index in [1.165, 1.54) is 0 Å². The Labute approximate surface area is 96.6 Å². The molecule has 1 aromatic heterocycles. The maximum absolute atomic E-state index is 5.67. The Hall–Kier alpha value is -0.760. The first-order valence-corrected chi connectivity index (χ1v) is 5.88. The average Bonchev–Trinajstić information content (AvgIpc) is 2.21. The van der Waals surface area contributed by atoms with Crippen molar-refractivity contribution in [1.29, 1.82) is 0 Å². The Bertz CT molecular complexity index is 291. The molecule has 0 aromatic carbocycles. The normalized spacial score (nSPS) is 12.5. The summed E-state index contributed by atoms with van der Waals surface area (Å²) in [4.78, 5) is 4.17. The van der Waals surface area contributed by atoms with Crippen molar-refractivity contribution >= 4 is 11.6 Å². The molecule has 1 atom stereocenters. The number of hydrogen-bond acceptors (Lipinski definition) is 2. The quantitative estimate of drug-likeness (QED) is 0.695. The average molecular weight is 228 g/mol. The lowest BCUT2D eigenvalue weighted by atomic mass is 10.1. The fourth-order valence-electron chi connectivity index (χ4n) is 1.32. The predicted octanol–water partition coefficient (Wildman–Crippen LogP) is 3.42. The zero-order chi connectivity index (χ0) is 11.1. The van der Waals surface area contributed by atoms with Crippen molar-refractivity contribution in [1.82, 2.24) is 4.98 Å². The highest BCUT2D eigenvalue weighted by molar-refractivity contribution is 6.17. The Balaban J connectivity index is 2.29. The van der Waals surface area contributed by atoms with E-state index < -0.39 is 0 Å². The molecule has 0 bridgehead atoms. The van der Waals surface area contributed by atoms with Gasteiger partial charge < -0.3 is 4.74 Å². The Morgan fingerprint density at radius 2 is 2.27 bits per heavy atom. The second kappa shape index (κ2) is 6.67. The molecule has 0 saturated heterocycles. The number of hydrogen-bond donors (Lipinski definition) is 0. The van der Waals surface area contributed by atoms with Gasteiger partial charge in [0.2, 0.25) is 0 Å². The van der Waals surface area contributed by atoms with Gasteiger partial charge in [-0.2, -0.15) is 0 Å². The minimum Gasteiger partial charge on any atom is -0.492 e. The number of halogens is 1. The number of aromatic nitrogens is 1. The van der Waals surface area contributed by atoms with Crippen LogP contribution in [-0.2, 0) is 0 Å². The van der Waals surface area contributed by atoms with Gasteiger partial charge in [-0.05, 0) is 37.8 Å². The van der Waals surface area contributed by atoms with Gasteiger partial charge >= 0.3 is 0 Å². The van der Waals surface area contributed by atoms with Crippen molar-refractivity contribution < 1.29 is 4.74 Å². The molecule has 0 fully saturated rings. The number of aryl methyl sites for hydroxylation is 1. The van der Waals surface area contributed by atoms with Crippen LogP contribution in [0.5, 0.6) is 5.75 Å². The van der Waals surface area contributed by atoms with E-state index in [4.69, 9.17) is 16.3 Å².